The maximum atomic E-state index is 5.69. The number of likely N-dealkylation sites (tertiary alicyclic amines) is 1. The summed E-state index contributed by atoms with van der Waals surface area (Å²) in [5.74, 6) is 0.919. The fraction of sp³-hybridized carbons (Fsp3) is 0.500. The summed E-state index contributed by atoms with van der Waals surface area (Å²) < 4.78 is 5.69. The Kier molecular flexibility index (Phi) is 5.11. The van der Waals surface area contributed by atoms with Crippen LogP contribution in [0, 0.1) is 0 Å². The lowest BCUT2D eigenvalue weighted by molar-refractivity contribution is 0.220. The first-order chi connectivity index (χ1) is 10.7. The van der Waals surface area contributed by atoms with Crippen molar-refractivity contribution in [2.45, 2.75) is 45.8 Å². The Morgan fingerprint density at radius 1 is 1.14 bits per heavy atom. The number of thiazole rings is 1. The van der Waals surface area contributed by atoms with Gasteiger partial charge < -0.3 is 4.74 Å². The molecule has 0 bridgehead atoms. The molecule has 1 aliphatic heterocycles. The van der Waals surface area contributed by atoms with Gasteiger partial charge >= 0.3 is 0 Å². The van der Waals surface area contributed by atoms with E-state index in [9.17, 15) is 0 Å². The van der Waals surface area contributed by atoms with E-state index in [1.807, 2.05) is 26.0 Å². The first-order valence-electron chi connectivity index (χ1n) is 8.14. The van der Waals surface area contributed by atoms with Gasteiger partial charge in [-0.3, -0.25) is 4.90 Å². The largest absolute Gasteiger partial charge is 0.491 e. The minimum absolute atomic E-state index is 0.210. The Labute approximate surface area is 137 Å². The van der Waals surface area contributed by atoms with E-state index in [0.29, 0.717) is 0 Å². The van der Waals surface area contributed by atoms with Crippen molar-refractivity contribution in [3.05, 3.63) is 34.7 Å². The Hall–Kier alpha value is -1.39. The van der Waals surface area contributed by atoms with Crippen molar-refractivity contribution >= 4 is 11.3 Å². The molecule has 0 N–H and O–H groups in total. The molecule has 3 rings (SSSR count). The molecule has 0 atom stereocenters. The molecule has 0 radical (unpaired) electrons. The second-order valence-corrected chi connectivity index (χ2v) is 7.10. The minimum atomic E-state index is 0.210. The SMILES string of the molecule is CC(C)Oc1ccc(-c2csc(CN3CCCCC3)n2)cc1. The molecular formula is C18H24N2OS. The highest BCUT2D eigenvalue weighted by molar-refractivity contribution is 7.09. The number of piperidine rings is 1. The van der Waals surface area contributed by atoms with Crippen LogP contribution in [0.25, 0.3) is 11.3 Å². The van der Waals surface area contributed by atoms with E-state index < -0.39 is 0 Å². The van der Waals surface area contributed by atoms with Gasteiger partial charge in [-0.25, -0.2) is 4.98 Å². The first-order valence-corrected chi connectivity index (χ1v) is 9.02. The van der Waals surface area contributed by atoms with Crippen molar-refractivity contribution in [2.75, 3.05) is 13.1 Å². The third-order valence-corrected chi connectivity index (χ3v) is 4.71. The summed E-state index contributed by atoms with van der Waals surface area (Å²) in [6.07, 6.45) is 4.25. The monoisotopic (exact) mass is 316 g/mol. The van der Waals surface area contributed by atoms with Crippen LogP contribution < -0.4 is 4.74 Å². The molecule has 1 aromatic heterocycles. The van der Waals surface area contributed by atoms with Gasteiger partial charge in [-0.1, -0.05) is 6.42 Å². The van der Waals surface area contributed by atoms with E-state index >= 15 is 0 Å². The van der Waals surface area contributed by atoms with Crippen LogP contribution in [0.2, 0.25) is 0 Å². The zero-order chi connectivity index (χ0) is 15.4. The highest BCUT2D eigenvalue weighted by Gasteiger charge is 2.13. The molecule has 0 unspecified atom stereocenters. The zero-order valence-electron chi connectivity index (χ0n) is 13.4. The molecule has 0 saturated carbocycles. The molecule has 0 spiro atoms. The molecule has 0 amide bonds. The van der Waals surface area contributed by atoms with Crippen molar-refractivity contribution in [3.63, 3.8) is 0 Å². The minimum Gasteiger partial charge on any atom is -0.491 e. The average Bonchev–Trinajstić information content (AvgIpc) is 2.97. The van der Waals surface area contributed by atoms with Gasteiger partial charge in [0, 0.05) is 10.9 Å². The first kappa shape index (κ1) is 15.5. The molecule has 22 heavy (non-hydrogen) atoms. The van der Waals surface area contributed by atoms with E-state index in [1.54, 1.807) is 11.3 Å². The molecule has 1 aliphatic rings. The van der Waals surface area contributed by atoms with Crippen LogP contribution in [0.4, 0.5) is 0 Å². The molecule has 1 fully saturated rings. The van der Waals surface area contributed by atoms with Crippen LogP contribution in [0.1, 0.15) is 38.1 Å². The normalized spacial score (nSPS) is 16.1. The summed E-state index contributed by atoms with van der Waals surface area (Å²) in [6, 6.07) is 8.24. The molecule has 2 heterocycles. The smallest absolute Gasteiger partial charge is 0.119 e. The van der Waals surface area contributed by atoms with E-state index in [0.717, 1.165) is 23.6 Å². The van der Waals surface area contributed by atoms with Crippen LogP contribution in [0.5, 0.6) is 5.75 Å². The summed E-state index contributed by atoms with van der Waals surface area (Å²) in [4.78, 5) is 7.32. The molecule has 2 aromatic rings. The topological polar surface area (TPSA) is 25.4 Å². The Bertz CT molecular complexity index is 585. The molecule has 0 aliphatic carbocycles. The number of rotatable bonds is 5. The maximum absolute atomic E-state index is 5.69. The third kappa shape index (κ3) is 4.08. The van der Waals surface area contributed by atoms with Gasteiger partial charge in [0.05, 0.1) is 18.3 Å². The van der Waals surface area contributed by atoms with Crippen LogP contribution >= 0.6 is 11.3 Å². The van der Waals surface area contributed by atoms with Gasteiger partial charge in [0.1, 0.15) is 10.8 Å². The Balaban J connectivity index is 1.65. The van der Waals surface area contributed by atoms with Crippen LogP contribution in [0.15, 0.2) is 29.6 Å². The molecule has 1 saturated heterocycles. The van der Waals surface area contributed by atoms with Crippen LogP contribution in [-0.2, 0) is 6.54 Å². The second kappa shape index (κ2) is 7.25. The summed E-state index contributed by atoms with van der Waals surface area (Å²) in [5.41, 5.74) is 2.24. The highest BCUT2D eigenvalue weighted by Crippen LogP contribution is 2.25. The number of benzene rings is 1. The van der Waals surface area contributed by atoms with Crippen molar-refractivity contribution in [2.24, 2.45) is 0 Å². The van der Waals surface area contributed by atoms with Gasteiger partial charge in [0.25, 0.3) is 0 Å². The van der Waals surface area contributed by atoms with Crippen LogP contribution in [-0.4, -0.2) is 29.1 Å². The number of aromatic nitrogens is 1. The average molecular weight is 316 g/mol. The number of hydrogen-bond donors (Lipinski definition) is 0. The zero-order valence-corrected chi connectivity index (χ0v) is 14.2. The van der Waals surface area contributed by atoms with Gasteiger partial charge in [-0.2, -0.15) is 0 Å². The number of hydrogen-bond acceptors (Lipinski definition) is 4. The van der Waals surface area contributed by atoms with E-state index in [4.69, 9.17) is 9.72 Å². The van der Waals surface area contributed by atoms with Gasteiger partial charge in [-0.15, -0.1) is 11.3 Å². The third-order valence-electron chi connectivity index (χ3n) is 3.88. The molecule has 1 aromatic carbocycles. The number of ether oxygens (including phenoxy) is 1. The molecule has 4 heteroatoms. The van der Waals surface area contributed by atoms with Gasteiger partial charge in [-0.05, 0) is 64.0 Å². The summed E-state index contributed by atoms with van der Waals surface area (Å²) in [7, 11) is 0. The van der Waals surface area contributed by atoms with E-state index in [-0.39, 0.29) is 6.10 Å². The molecule has 118 valence electrons. The Morgan fingerprint density at radius 2 is 1.86 bits per heavy atom. The van der Waals surface area contributed by atoms with Gasteiger partial charge in [0.15, 0.2) is 0 Å². The lowest BCUT2D eigenvalue weighted by Crippen LogP contribution is -2.28. The molecular weight excluding hydrogens is 292 g/mol. The van der Waals surface area contributed by atoms with Crippen molar-refractivity contribution < 1.29 is 4.74 Å². The number of nitrogens with zero attached hydrogens (tertiary/aromatic N) is 2. The lowest BCUT2D eigenvalue weighted by Gasteiger charge is -2.25. The summed E-state index contributed by atoms with van der Waals surface area (Å²) in [6.45, 7) is 7.52. The quantitative estimate of drug-likeness (QED) is 0.807. The summed E-state index contributed by atoms with van der Waals surface area (Å²) in [5, 5.41) is 3.39. The fourth-order valence-corrected chi connectivity index (χ4v) is 3.65. The standard InChI is InChI=1S/C18H24N2OS/c1-14(2)21-16-8-6-15(7-9-16)17-13-22-18(19-17)12-20-10-4-3-5-11-20/h6-9,13-14H,3-5,10-12H2,1-2H3. The second-order valence-electron chi connectivity index (χ2n) is 6.15. The maximum Gasteiger partial charge on any atom is 0.119 e. The predicted molar refractivity (Wildman–Crippen MR) is 92.4 cm³/mol. The molecule has 3 nitrogen and oxygen atoms in total. The Morgan fingerprint density at radius 3 is 2.55 bits per heavy atom. The van der Waals surface area contributed by atoms with Crippen molar-refractivity contribution in [3.8, 4) is 17.0 Å². The van der Waals surface area contributed by atoms with Gasteiger partial charge in [0.2, 0.25) is 0 Å². The highest BCUT2D eigenvalue weighted by atomic mass is 32.1. The van der Waals surface area contributed by atoms with E-state index in [1.165, 1.54) is 37.4 Å². The van der Waals surface area contributed by atoms with E-state index in [2.05, 4.69) is 22.4 Å². The van der Waals surface area contributed by atoms with Crippen molar-refractivity contribution in [1.82, 2.24) is 9.88 Å². The lowest BCUT2D eigenvalue weighted by atomic mass is 10.1. The summed E-state index contributed by atoms with van der Waals surface area (Å²) >= 11 is 1.77. The van der Waals surface area contributed by atoms with Crippen molar-refractivity contribution in [1.29, 1.82) is 0 Å². The van der Waals surface area contributed by atoms with Crippen LogP contribution in [0.3, 0.4) is 0 Å². The predicted octanol–water partition coefficient (Wildman–Crippen LogP) is 4.58. The fourth-order valence-electron chi connectivity index (χ4n) is 2.80.